The molecule has 0 spiro atoms. The molecule has 0 atom stereocenters. The number of H-pyrrole nitrogens is 1. The molecule has 4 rings (SSSR count). The molecule has 27 heavy (non-hydrogen) atoms. The molecular formula is C22H15ClN2O2. The predicted molar refractivity (Wildman–Crippen MR) is 106 cm³/mol. The highest BCUT2D eigenvalue weighted by molar-refractivity contribution is 6.30. The van der Waals surface area contributed by atoms with Crippen LogP contribution >= 0.6 is 11.6 Å². The number of carbonyl (C=O) groups is 1. The molecule has 4 nitrogen and oxygen atoms in total. The van der Waals surface area contributed by atoms with Gasteiger partial charge in [-0.2, -0.15) is 5.26 Å². The molecule has 3 aromatic rings. The van der Waals surface area contributed by atoms with E-state index in [-0.39, 0.29) is 11.4 Å². The van der Waals surface area contributed by atoms with Crippen molar-refractivity contribution in [1.29, 1.82) is 5.26 Å². The van der Waals surface area contributed by atoms with E-state index in [1.54, 1.807) is 24.3 Å². The summed E-state index contributed by atoms with van der Waals surface area (Å²) in [4.78, 5) is 16.2. The maximum atomic E-state index is 13.0. The summed E-state index contributed by atoms with van der Waals surface area (Å²) in [5.74, 6) is 0.430. The number of benzene rings is 2. The summed E-state index contributed by atoms with van der Waals surface area (Å²) in [6, 6.07) is 15.0. The number of ether oxygens (including phenoxy) is 1. The molecule has 132 valence electrons. The van der Waals surface area contributed by atoms with E-state index in [2.05, 4.69) is 4.98 Å². The number of nitrogens with zero attached hydrogens (tertiary/aromatic N) is 1. The smallest absolute Gasteiger partial charge is 0.205 e. The molecule has 0 fully saturated rings. The van der Waals surface area contributed by atoms with Gasteiger partial charge in [-0.15, -0.1) is 0 Å². The van der Waals surface area contributed by atoms with Crippen LogP contribution in [0.15, 0.2) is 59.7 Å². The summed E-state index contributed by atoms with van der Waals surface area (Å²) in [6.07, 6.45) is 3.48. The van der Waals surface area contributed by atoms with Crippen molar-refractivity contribution in [3.63, 3.8) is 0 Å². The normalized spacial score (nSPS) is 13.5. The summed E-state index contributed by atoms with van der Waals surface area (Å²) >= 11 is 6.04. The number of aryl methyl sites for hydroxylation is 1. The van der Waals surface area contributed by atoms with Gasteiger partial charge in [-0.25, -0.2) is 0 Å². The third-order valence-corrected chi connectivity index (χ3v) is 4.76. The number of para-hydroxylation sites is 1. The van der Waals surface area contributed by atoms with Crippen molar-refractivity contribution in [2.45, 2.75) is 6.92 Å². The number of nitriles is 1. The minimum atomic E-state index is -0.301. The average molecular weight is 375 g/mol. The van der Waals surface area contributed by atoms with Gasteiger partial charge in [0, 0.05) is 27.2 Å². The first kappa shape index (κ1) is 17.1. The van der Waals surface area contributed by atoms with E-state index < -0.39 is 0 Å². The number of hydrogen-bond acceptors (Lipinski definition) is 3. The summed E-state index contributed by atoms with van der Waals surface area (Å²) in [6.45, 7) is 2.13. The minimum absolute atomic E-state index is 0.0724. The molecule has 0 radical (unpaired) electrons. The number of ketones is 1. The van der Waals surface area contributed by atoms with Gasteiger partial charge in [-0.3, -0.25) is 4.79 Å². The molecule has 5 heteroatoms. The Hall–Kier alpha value is -3.29. The SMILES string of the molecule is Cc1[nH]c2ccccc2c1C(=O)/C(C#N)=C\C1=Cc2cc(Cl)ccc2OC1. The van der Waals surface area contributed by atoms with E-state index in [0.29, 0.717) is 17.2 Å². The van der Waals surface area contributed by atoms with Crippen molar-refractivity contribution >= 4 is 34.4 Å². The first-order valence-corrected chi connectivity index (χ1v) is 8.81. The Morgan fingerprint density at radius 2 is 2.11 bits per heavy atom. The number of aromatic amines is 1. The summed E-state index contributed by atoms with van der Waals surface area (Å²) < 4.78 is 5.70. The van der Waals surface area contributed by atoms with Gasteiger partial charge in [0.1, 0.15) is 24.0 Å². The molecule has 1 aliphatic rings. The van der Waals surface area contributed by atoms with Crippen molar-refractivity contribution in [3.8, 4) is 11.8 Å². The summed E-state index contributed by atoms with van der Waals surface area (Å²) in [5, 5.41) is 11.0. The zero-order valence-corrected chi connectivity index (χ0v) is 15.3. The number of hydrogen-bond donors (Lipinski definition) is 1. The van der Waals surface area contributed by atoms with E-state index in [4.69, 9.17) is 16.3 Å². The quantitative estimate of drug-likeness (QED) is 0.387. The fraction of sp³-hybridized carbons (Fsp3) is 0.0909. The number of halogens is 1. The number of fused-ring (bicyclic) bond motifs is 2. The van der Waals surface area contributed by atoms with Crippen LogP contribution < -0.4 is 4.74 Å². The third kappa shape index (κ3) is 3.14. The second-order valence-corrected chi connectivity index (χ2v) is 6.80. The van der Waals surface area contributed by atoms with E-state index in [1.165, 1.54) is 0 Å². The van der Waals surface area contributed by atoms with Crippen molar-refractivity contribution in [3.05, 3.63) is 81.5 Å². The van der Waals surface area contributed by atoms with Gasteiger partial charge in [0.2, 0.25) is 5.78 Å². The van der Waals surface area contributed by atoms with Crippen LogP contribution in [0.1, 0.15) is 21.6 Å². The fourth-order valence-electron chi connectivity index (χ4n) is 3.29. The van der Waals surface area contributed by atoms with Crippen LogP contribution in [0, 0.1) is 18.3 Å². The monoisotopic (exact) mass is 374 g/mol. The van der Waals surface area contributed by atoms with E-state index in [1.807, 2.05) is 43.3 Å². The molecule has 2 heterocycles. The van der Waals surface area contributed by atoms with Crippen LogP contribution in [-0.2, 0) is 0 Å². The lowest BCUT2D eigenvalue weighted by Crippen LogP contribution is -2.09. The van der Waals surface area contributed by atoms with Gasteiger partial charge < -0.3 is 9.72 Å². The molecule has 1 N–H and O–H groups in total. The zero-order chi connectivity index (χ0) is 19.0. The molecule has 1 aliphatic heterocycles. The van der Waals surface area contributed by atoms with Crippen molar-refractivity contribution < 1.29 is 9.53 Å². The molecule has 0 aliphatic carbocycles. The van der Waals surface area contributed by atoms with E-state index in [0.717, 1.165) is 33.5 Å². The van der Waals surface area contributed by atoms with Crippen LogP contribution in [0.4, 0.5) is 0 Å². The highest BCUT2D eigenvalue weighted by atomic mass is 35.5. The second-order valence-electron chi connectivity index (χ2n) is 6.36. The lowest BCUT2D eigenvalue weighted by molar-refractivity contribution is 0.104. The number of Topliss-reactive ketones (excluding diaryl/α,β-unsaturated/α-hetero) is 1. The molecular weight excluding hydrogens is 360 g/mol. The molecule has 0 bridgehead atoms. The average Bonchev–Trinajstić information content (AvgIpc) is 3.00. The van der Waals surface area contributed by atoms with Gasteiger partial charge in [0.15, 0.2) is 0 Å². The summed E-state index contributed by atoms with van der Waals surface area (Å²) in [5.41, 5.74) is 3.79. The topological polar surface area (TPSA) is 65.9 Å². The van der Waals surface area contributed by atoms with Crippen molar-refractivity contribution in [2.75, 3.05) is 6.61 Å². The maximum absolute atomic E-state index is 13.0. The van der Waals surface area contributed by atoms with Crippen molar-refractivity contribution in [2.24, 2.45) is 0 Å². The highest BCUT2D eigenvalue weighted by Gasteiger charge is 2.20. The van der Waals surface area contributed by atoms with Crippen LogP contribution in [0.25, 0.3) is 17.0 Å². The van der Waals surface area contributed by atoms with Crippen LogP contribution in [0.3, 0.4) is 0 Å². The highest BCUT2D eigenvalue weighted by Crippen LogP contribution is 2.30. The second kappa shape index (κ2) is 6.79. The Labute approximate surface area is 161 Å². The van der Waals surface area contributed by atoms with Gasteiger partial charge in [-0.05, 0) is 48.9 Å². The number of rotatable bonds is 3. The lowest BCUT2D eigenvalue weighted by Gasteiger charge is -2.16. The summed E-state index contributed by atoms with van der Waals surface area (Å²) in [7, 11) is 0. The maximum Gasteiger partial charge on any atom is 0.205 e. The Morgan fingerprint density at radius 3 is 2.93 bits per heavy atom. The molecule has 0 unspecified atom stereocenters. The van der Waals surface area contributed by atoms with Crippen molar-refractivity contribution in [1.82, 2.24) is 4.98 Å². The Morgan fingerprint density at radius 1 is 1.30 bits per heavy atom. The number of carbonyl (C=O) groups excluding carboxylic acids is 1. The molecule has 0 saturated heterocycles. The Bertz CT molecular complexity index is 1180. The van der Waals surface area contributed by atoms with E-state index >= 15 is 0 Å². The Kier molecular flexibility index (Phi) is 4.31. The van der Waals surface area contributed by atoms with Gasteiger partial charge >= 0.3 is 0 Å². The molecule has 0 amide bonds. The first-order chi connectivity index (χ1) is 13.1. The third-order valence-electron chi connectivity index (χ3n) is 4.52. The first-order valence-electron chi connectivity index (χ1n) is 8.43. The number of aromatic nitrogens is 1. The van der Waals surface area contributed by atoms with Crippen LogP contribution in [-0.4, -0.2) is 17.4 Å². The fourth-order valence-corrected chi connectivity index (χ4v) is 3.47. The van der Waals surface area contributed by atoms with Gasteiger partial charge in [0.25, 0.3) is 0 Å². The zero-order valence-electron chi connectivity index (χ0n) is 14.5. The molecule has 0 saturated carbocycles. The lowest BCUT2D eigenvalue weighted by atomic mass is 9.98. The van der Waals surface area contributed by atoms with Gasteiger partial charge in [0.05, 0.1) is 5.56 Å². The minimum Gasteiger partial charge on any atom is -0.488 e. The van der Waals surface area contributed by atoms with Gasteiger partial charge in [-0.1, -0.05) is 29.8 Å². The molecule has 2 aromatic carbocycles. The predicted octanol–water partition coefficient (Wildman–Crippen LogP) is 5.24. The van der Waals surface area contributed by atoms with Crippen LogP contribution in [0.5, 0.6) is 5.75 Å². The molecule has 1 aromatic heterocycles. The standard InChI is InChI=1S/C22H15ClN2O2/c1-13-21(18-4-2-3-5-19(18)25-13)22(26)16(11-24)9-14-8-15-10-17(23)6-7-20(15)27-12-14/h2-10,25H,12H2,1H3/b16-9-. The number of nitrogens with one attached hydrogen (secondary N) is 1. The Balaban J connectivity index is 1.75. The number of allylic oxidation sites excluding steroid dienone is 1. The largest absolute Gasteiger partial charge is 0.488 e. The van der Waals surface area contributed by atoms with Crippen LogP contribution in [0.2, 0.25) is 5.02 Å². The van der Waals surface area contributed by atoms with E-state index in [9.17, 15) is 10.1 Å².